The van der Waals surface area contributed by atoms with Crippen LogP contribution in [-0.4, -0.2) is 37.9 Å². The summed E-state index contributed by atoms with van der Waals surface area (Å²) in [4.78, 5) is 21.7. The molecule has 0 aliphatic carbocycles. The standard InChI is InChI=1S/C9H15F3N2O3/c1-2-17-7(15)4-3-5-13-8(16)14-6-9(10,11)12/h2-6H2,1H3,(H2,13,14,16). The first-order valence-corrected chi connectivity index (χ1v) is 5.09. The third-order valence-electron chi connectivity index (χ3n) is 1.60. The van der Waals surface area contributed by atoms with E-state index in [0.717, 1.165) is 0 Å². The molecular weight excluding hydrogens is 241 g/mol. The van der Waals surface area contributed by atoms with E-state index in [1.165, 1.54) is 0 Å². The lowest BCUT2D eigenvalue weighted by Gasteiger charge is -2.09. The fraction of sp³-hybridized carbons (Fsp3) is 0.778. The summed E-state index contributed by atoms with van der Waals surface area (Å²) in [5.41, 5.74) is 0. The Labute approximate surface area is 96.7 Å². The van der Waals surface area contributed by atoms with Crippen LogP contribution >= 0.6 is 0 Å². The van der Waals surface area contributed by atoms with Crippen molar-refractivity contribution in [3.05, 3.63) is 0 Å². The zero-order valence-corrected chi connectivity index (χ0v) is 9.39. The second kappa shape index (κ2) is 7.75. The molecule has 0 radical (unpaired) electrons. The van der Waals surface area contributed by atoms with E-state index in [2.05, 4.69) is 10.1 Å². The van der Waals surface area contributed by atoms with Gasteiger partial charge >= 0.3 is 18.2 Å². The molecule has 0 fully saturated rings. The van der Waals surface area contributed by atoms with Crippen LogP contribution in [-0.2, 0) is 9.53 Å². The van der Waals surface area contributed by atoms with E-state index in [1.54, 1.807) is 12.2 Å². The Bertz CT molecular complexity index is 256. The molecule has 8 heteroatoms. The van der Waals surface area contributed by atoms with Crippen LogP contribution in [0.2, 0.25) is 0 Å². The molecule has 2 N–H and O–H groups in total. The third-order valence-corrected chi connectivity index (χ3v) is 1.60. The number of rotatable bonds is 6. The summed E-state index contributed by atoms with van der Waals surface area (Å²) in [6.45, 7) is 0.679. The van der Waals surface area contributed by atoms with Crippen LogP contribution in [0, 0.1) is 0 Å². The van der Waals surface area contributed by atoms with Gasteiger partial charge in [-0.2, -0.15) is 13.2 Å². The van der Waals surface area contributed by atoms with Crippen molar-refractivity contribution >= 4 is 12.0 Å². The highest BCUT2D eigenvalue weighted by molar-refractivity contribution is 5.74. The van der Waals surface area contributed by atoms with Crippen LogP contribution < -0.4 is 10.6 Å². The first-order valence-electron chi connectivity index (χ1n) is 5.09. The molecule has 17 heavy (non-hydrogen) atoms. The number of esters is 1. The number of carbonyl (C=O) groups is 2. The lowest BCUT2D eigenvalue weighted by molar-refractivity contribution is -0.143. The van der Waals surface area contributed by atoms with Crippen molar-refractivity contribution in [1.82, 2.24) is 10.6 Å². The van der Waals surface area contributed by atoms with Crippen molar-refractivity contribution in [2.24, 2.45) is 0 Å². The Morgan fingerprint density at radius 3 is 2.41 bits per heavy atom. The van der Waals surface area contributed by atoms with Gasteiger partial charge in [0.15, 0.2) is 0 Å². The van der Waals surface area contributed by atoms with Crippen molar-refractivity contribution < 1.29 is 27.5 Å². The number of alkyl halides is 3. The van der Waals surface area contributed by atoms with Crippen LogP contribution in [0.25, 0.3) is 0 Å². The van der Waals surface area contributed by atoms with Gasteiger partial charge in [0, 0.05) is 13.0 Å². The summed E-state index contributed by atoms with van der Waals surface area (Å²) in [6, 6.07) is -0.911. The number of ether oxygens (including phenoxy) is 1. The Balaban J connectivity index is 3.49. The molecule has 0 bridgehead atoms. The summed E-state index contributed by atoms with van der Waals surface area (Å²) < 4.78 is 39.7. The zero-order valence-electron chi connectivity index (χ0n) is 9.39. The van der Waals surface area contributed by atoms with Gasteiger partial charge in [-0.05, 0) is 13.3 Å². The SMILES string of the molecule is CCOC(=O)CCCNC(=O)NCC(F)(F)F. The quantitative estimate of drug-likeness (QED) is 0.554. The summed E-state index contributed by atoms with van der Waals surface area (Å²) in [5.74, 6) is -0.398. The molecule has 0 aliphatic heterocycles. The largest absolute Gasteiger partial charge is 0.466 e. The Morgan fingerprint density at radius 1 is 1.24 bits per heavy atom. The number of hydrogen-bond donors (Lipinski definition) is 2. The monoisotopic (exact) mass is 256 g/mol. The van der Waals surface area contributed by atoms with Gasteiger partial charge in [0.05, 0.1) is 6.61 Å². The molecule has 100 valence electrons. The second-order valence-corrected chi connectivity index (χ2v) is 3.13. The molecule has 0 aromatic rings. The van der Waals surface area contributed by atoms with Gasteiger partial charge in [0.1, 0.15) is 6.54 Å². The molecule has 0 unspecified atom stereocenters. The van der Waals surface area contributed by atoms with E-state index in [-0.39, 0.29) is 19.6 Å². The number of urea groups is 1. The Kier molecular flexibility index (Phi) is 7.08. The van der Waals surface area contributed by atoms with E-state index in [4.69, 9.17) is 0 Å². The molecule has 0 aromatic carbocycles. The zero-order chi connectivity index (χ0) is 13.3. The lowest BCUT2D eigenvalue weighted by Crippen LogP contribution is -2.41. The summed E-state index contributed by atoms with van der Waals surface area (Å²) in [7, 11) is 0. The van der Waals surface area contributed by atoms with Crippen LogP contribution in [0.5, 0.6) is 0 Å². The number of halogens is 3. The number of amides is 2. The average molecular weight is 256 g/mol. The highest BCUT2D eigenvalue weighted by atomic mass is 19.4. The molecule has 2 amide bonds. The van der Waals surface area contributed by atoms with Crippen molar-refractivity contribution in [2.75, 3.05) is 19.7 Å². The highest BCUT2D eigenvalue weighted by Crippen LogP contribution is 2.11. The van der Waals surface area contributed by atoms with E-state index in [9.17, 15) is 22.8 Å². The highest BCUT2D eigenvalue weighted by Gasteiger charge is 2.27. The normalized spacial score (nSPS) is 10.8. The molecule has 0 aliphatic rings. The van der Waals surface area contributed by atoms with Crippen LogP contribution in [0.4, 0.5) is 18.0 Å². The molecular formula is C9H15F3N2O3. The van der Waals surface area contributed by atoms with E-state index in [1.807, 2.05) is 0 Å². The third kappa shape index (κ3) is 10.8. The first-order chi connectivity index (χ1) is 7.85. The second-order valence-electron chi connectivity index (χ2n) is 3.13. The predicted molar refractivity (Wildman–Crippen MR) is 53.3 cm³/mol. The van der Waals surface area contributed by atoms with Gasteiger partial charge in [0.25, 0.3) is 0 Å². The maximum Gasteiger partial charge on any atom is 0.405 e. The molecule has 0 rings (SSSR count). The fourth-order valence-electron chi connectivity index (χ4n) is 0.911. The fourth-order valence-corrected chi connectivity index (χ4v) is 0.911. The molecule has 0 heterocycles. The van der Waals surface area contributed by atoms with Gasteiger partial charge in [0.2, 0.25) is 0 Å². The predicted octanol–water partition coefficient (Wildman–Crippen LogP) is 1.19. The molecule has 0 spiro atoms. The van der Waals surface area contributed by atoms with Crippen LogP contribution in [0.1, 0.15) is 19.8 Å². The van der Waals surface area contributed by atoms with Gasteiger partial charge < -0.3 is 15.4 Å². The van der Waals surface area contributed by atoms with Gasteiger partial charge in [-0.15, -0.1) is 0 Å². The minimum absolute atomic E-state index is 0.114. The number of hydrogen-bond acceptors (Lipinski definition) is 3. The maximum absolute atomic E-state index is 11.7. The van der Waals surface area contributed by atoms with Crippen LogP contribution in [0.3, 0.4) is 0 Å². The minimum atomic E-state index is -4.43. The molecule has 0 aromatic heterocycles. The van der Waals surface area contributed by atoms with Gasteiger partial charge in [-0.25, -0.2) is 4.79 Å². The van der Waals surface area contributed by atoms with Crippen molar-refractivity contribution in [3.8, 4) is 0 Å². The minimum Gasteiger partial charge on any atom is -0.466 e. The number of nitrogens with one attached hydrogen (secondary N) is 2. The topological polar surface area (TPSA) is 67.4 Å². The van der Waals surface area contributed by atoms with Crippen molar-refractivity contribution in [3.63, 3.8) is 0 Å². The van der Waals surface area contributed by atoms with Crippen LogP contribution in [0.15, 0.2) is 0 Å². The Hall–Kier alpha value is -1.47. The summed E-state index contributed by atoms with van der Waals surface area (Å²) in [6.07, 6.45) is -3.99. The van der Waals surface area contributed by atoms with Gasteiger partial charge in [-0.3, -0.25) is 4.79 Å². The molecule has 0 saturated carbocycles. The van der Waals surface area contributed by atoms with E-state index in [0.29, 0.717) is 6.42 Å². The van der Waals surface area contributed by atoms with E-state index >= 15 is 0 Å². The summed E-state index contributed by atoms with van der Waals surface area (Å²) in [5, 5.41) is 3.84. The van der Waals surface area contributed by atoms with Crippen molar-refractivity contribution in [1.29, 1.82) is 0 Å². The van der Waals surface area contributed by atoms with E-state index < -0.39 is 24.7 Å². The summed E-state index contributed by atoms with van der Waals surface area (Å²) >= 11 is 0. The molecule has 0 atom stereocenters. The van der Waals surface area contributed by atoms with Gasteiger partial charge in [-0.1, -0.05) is 0 Å². The average Bonchev–Trinajstić information content (AvgIpc) is 2.21. The van der Waals surface area contributed by atoms with Crippen molar-refractivity contribution in [2.45, 2.75) is 25.9 Å². The molecule has 5 nitrogen and oxygen atoms in total. The first kappa shape index (κ1) is 15.5. The Morgan fingerprint density at radius 2 is 1.88 bits per heavy atom. The lowest BCUT2D eigenvalue weighted by atomic mass is 10.3. The molecule has 0 saturated heterocycles. The maximum atomic E-state index is 11.7. The number of carbonyl (C=O) groups excluding carboxylic acids is 2. The smallest absolute Gasteiger partial charge is 0.405 e.